The number of nitrogens with one attached hydrogen (secondary N) is 1. The summed E-state index contributed by atoms with van der Waals surface area (Å²) in [5, 5.41) is 43.1. The van der Waals surface area contributed by atoms with Gasteiger partial charge in [-0.05, 0) is 59.9 Å². The predicted octanol–water partition coefficient (Wildman–Crippen LogP) is -2.29. The minimum atomic E-state index is -4.92. The first-order valence-electron chi connectivity index (χ1n) is 17.6. The van der Waals surface area contributed by atoms with Crippen molar-refractivity contribution in [3.8, 4) is 0 Å². The Bertz CT molecular complexity index is 2030. The summed E-state index contributed by atoms with van der Waals surface area (Å²) >= 11 is 2.64. The minimum Gasteiger partial charge on any atom is -0.726 e. The van der Waals surface area contributed by atoms with Crippen molar-refractivity contribution in [3.05, 3.63) is 83.1 Å². The Morgan fingerprint density at radius 1 is 1.03 bits per heavy atom. The van der Waals surface area contributed by atoms with Crippen molar-refractivity contribution in [2.45, 2.75) is 72.5 Å². The fourth-order valence-corrected chi connectivity index (χ4v) is 9.35. The van der Waals surface area contributed by atoms with E-state index >= 15 is 0 Å². The number of thioether (sulfide) groups is 2. The number of hydrogen-bond donors (Lipinski definition) is 5. The second kappa shape index (κ2) is 21.2. The van der Waals surface area contributed by atoms with Gasteiger partial charge in [-0.15, -0.1) is 16.9 Å². The number of carboxylic acids is 1. The third-order valence-corrected chi connectivity index (χ3v) is 12.3. The van der Waals surface area contributed by atoms with Crippen molar-refractivity contribution in [3.63, 3.8) is 0 Å². The number of aliphatic carboxylic acids is 1. The van der Waals surface area contributed by atoms with Crippen LogP contribution in [-0.2, 0) is 41.4 Å². The van der Waals surface area contributed by atoms with E-state index in [2.05, 4.69) is 32.8 Å². The van der Waals surface area contributed by atoms with Gasteiger partial charge in [0.25, 0.3) is 11.8 Å². The number of fused-ring (bicyclic) bond motifs is 3. The number of aliphatic hydroxyl groups excluding tert-OH is 2. The largest absolute Gasteiger partial charge is 1.00 e. The number of carbonyl (C=O) groups excluding carboxylic acids is 3. The number of ether oxygens (including phenoxy) is 1. The molecule has 23 heteroatoms. The molecule has 3 aromatic rings. The zero-order valence-corrected chi connectivity index (χ0v) is 36.2. The first-order valence-corrected chi connectivity index (χ1v) is 21.0. The standard InChI is InChI=1S/C18H18N6O5S2.C17H23NO3.Na.H2O4S/c1-23-18(20-21-22-23)31-8-10-7-30-16-11(15(27)24(16)12(10)17(28)29)19-14(26)13(25)9-5-3-2-4-6-9;1-18-13-7-8-14(18)10-15(9-13)21-17(20)16(11-19)12-5-3-2-4-6-12;;1-5(2,3)4/h2-6,11,13,16,25H,7-8H2,1H3,(H,19,26)(H,28,29);2-6,13-16,19H,7-11H2,1H3;;(H2,1,2,3,4)/q;;+1;/p-1/t11-,13-,16-;13-,14+,15+,16?;;/m1.../s1. The van der Waals surface area contributed by atoms with Gasteiger partial charge in [-0.2, -0.15) is 0 Å². The summed E-state index contributed by atoms with van der Waals surface area (Å²) in [5.41, 5.74) is 1.72. The van der Waals surface area contributed by atoms with E-state index in [0.717, 1.165) is 18.4 Å². The molecule has 3 saturated heterocycles. The first kappa shape index (κ1) is 47.3. The van der Waals surface area contributed by atoms with Crippen LogP contribution in [0.1, 0.15) is 48.8 Å². The molecule has 1 unspecified atom stereocenters. The molecule has 5 heterocycles. The molecule has 2 aromatic carbocycles. The Balaban J connectivity index is 0.000000239. The van der Waals surface area contributed by atoms with Crippen LogP contribution in [0.25, 0.3) is 0 Å². The Kier molecular flexibility index (Phi) is 17.3. The van der Waals surface area contributed by atoms with E-state index in [1.54, 1.807) is 37.4 Å². The fourth-order valence-electron chi connectivity index (χ4n) is 7.01. The van der Waals surface area contributed by atoms with Gasteiger partial charge in [-0.3, -0.25) is 23.8 Å². The van der Waals surface area contributed by atoms with Crippen LogP contribution in [0.2, 0.25) is 0 Å². The molecular weight excluding hydrogens is 830 g/mol. The number of aromatic nitrogens is 4. The van der Waals surface area contributed by atoms with E-state index in [-0.39, 0.29) is 53.9 Å². The summed E-state index contributed by atoms with van der Waals surface area (Å²) in [7, 11) is -1.07. The fraction of sp³-hybridized carbons (Fsp3) is 0.457. The van der Waals surface area contributed by atoms with Gasteiger partial charge in [0, 0.05) is 30.6 Å². The molecule has 19 nitrogen and oxygen atoms in total. The molecule has 0 saturated carbocycles. The van der Waals surface area contributed by atoms with E-state index in [1.807, 2.05) is 30.3 Å². The predicted molar refractivity (Wildman–Crippen MR) is 203 cm³/mol. The van der Waals surface area contributed by atoms with Crippen molar-refractivity contribution >= 4 is 57.7 Å². The number of β-lactam (4-membered cyclic amide) rings is 1. The van der Waals surface area contributed by atoms with Crippen LogP contribution in [0.4, 0.5) is 0 Å². The van der Waals surface area contributed by atoms with Crippen molar-refractivity contribution in [1.82, 2.24) is 35.3 Å². The summed E-state index contributed by atoms with van der Waals surface area (Å²) in [6, 6.07) is 17.9. The van der Waals surface area contributed by atoms with Gasteiger partial charge in [0.05, 0.1) is 6.61 Å². The third kappa shape index (κ3) is 12.1. The Morgan fingerprint density at radius 2 is 1.60 bits per heavy atom. The van der Waals surface area contributed by atoms with E-state index in [4.69, 9.17) is 22.3 Å². The van der Waals surface area contributed by atoms with Gasteiger partial charge < -0.3 is 34.8 Å². The smallest absolute Gasteiger partial charge is 0.726 e. The number of nitrogens with zero attached hydrogens (tertiary/aromatic N) is 6. The number of tetrazole rings is 1. The molecule has 58 heavy (non-hydrogen) atoms. The Morgan fingerprint density at radius 3 is 2.12 bits per heavy atom. The van der Waals surface area contributed by atoms with Crippen LogP contribution >= 0.6 is 23.5 Å². The molecule has 1 aromatic heterocycles. The summed E-state index contributed by atoms with van der Waals surface area (Å²) in [5.74, 6) is -2.61. The van der Waals surface area contributed by atoms with Crippen LogP contribution in [0.15, 0.2) is 77.1 Å². The average molecular weight is 872 g/mol. The van der Waals surface area contributed by atoms with Gasteiger partial charge in [-0.1, -0.05) is 72.4 Å². The maximum Gasteiger partial charge on any atom is 1.00 e. The van der Waals surface area contributed by atoms with E-state index in [1.165, 1.54) is 45.9 Å². The molecule has 7 rings (SSSR count). The van der Waals surface area contributed by atoms with E-state index in [0.29, 0.717) is 39.9 Å². The van der Waals surface area contributed by atoms with Gasteiger partial charge in [0.2, 0.25) is 15.6 Å². The first-order chi connectivity index (χ1) is 27.1. The quantitative estimate of drug-likeness (QED) is 0.0339. The normalized spacial score (nSPS) is 23.3. The van der Waals surface area contributed by atoms with Crippen LogP contribution in [0, 0.1) is 0 Å². The van der Waals surface area contributed by atoms with Crippen molar-refractivity contribution in [2.75, 3.05) is 25.2 Å². The molecule has 0 aliphatic carbocycles. The van der Waals surface area contributed by atoms with Gasteiger partial charge in [-0.25, -0.2) is 17.9 Å². The molecule has 7 atom stereocenters. The third-order valence-electron chi connectivity index (χ3n) is 9.87. The number of esters is 1. The Hall–Kier alpha value is -3.42. The Labute approximate surface area is 364 Å². The number of benzene rings is 2. The average Bonchev–Trinajstić information content (AvgIpc) is 3.67. The maximum absolute atomic E-state index is 12.7. The summed E-state index contributed by atoms with van der Waals surface area (Å²) < 4.78 is 40.0. The molecule has 0 radical (unpaired) electrons. The van der Waals surface area contributed by atoms with Crippen molar-refractivity contribution in [1.29, 1.82) is 0 Å². The number of aryl methyl sites for hydroxylation is 1. The monoisotopic (exact) mass is 871 g/mol. The molecule has 2 amide bonds. The molecule has 3 fully saturated rings. The molecule has 4 aliphatic rings. The van der Waals surface area contributed by atoms with E-state index in [9.17, 15) is 34.5 Å². The number of piperidine rings is 1. The van der Waals surface area contributed by atoms with Gasteiger partial charge in [0.15, 0.2) is 6.10 Å². The zero-order chi connectivity index (χ0) is 41.4. The molecule has 2 bridgehead atoms. The van der Waals surface area contributed by atoms with Crippen molar-refractivity contribution < 1.29 is 86.3 Å². The summed E-state index contributed by atoms with van der Waals surface area (Å²) in [6.07, 6.45) is 2.84. The second-order valence-electron chi connectivity index (χ2n) is 13.5. The molecule has 5 N–H and O–H groups in total. The molecular formula is C35H42N7NaO12S3. The summed E-state index contributed by atoms with van der Waals surface area (Å²) in [6.45, 7) is -0.206. The number of aliphatic hydroxyl groups is 2. The van der Waals surface area contributed by atoms with Crippen LogP contribution < -0.4 is 34.9 Å². The number of carboxylic acid groups (broad SMARTS) is 1. The van der Waals surface area contributed by atoms with Crippen LogP contribution in [-0.4, -0.2) is 141 Å². The maximum atomic E-state index is 12.7. The minimum absolute atomic E-state index is 0. The second-order valence-corrected chi connectivity index (χ2v) is 16.4. The van der Waals surface area contributed by atoms with Gasteiger partial charge in [0.1, 0.15) is 29.1 Å². The zero-order valence-electron chi connectivity index (χ0n) is 31.7. The van der Waals surface area contributed by atoms with Crippen LogP contribution in [0.5, 0.6) is 0 Å². The molecule has 0 spiro atoms. The van der Waals surface area contributed by atoms with Gasteiger partial charge >= 0.3 is 41.5 Å². The number of rotatable bonds is 11. The SMILES string of the molecule is CN1[C@@H]2CC[C@H]1C[C@@H](OC(=O)C(CO)c1ccccc1)C2.Cn1nnnc1SCC1=C(C(=O)O)N2C(=O)[C@@H](NC(=O)[C@H](O)c3ccccc3)[C@H]2SC1.O=S(=O)([O-])O.[Na+]. The summed E-state index contributed by atoms with van der Waals surface area (Å²) in [4.78, 5) is 53.0. The van der Waals surface area contributed by atoms with Crippen molar-refractivity contribution in [2.24, 2.45) is 7.05 Å². The number of amides is 2. The molecule has 308 valence electrons. The molecule has 4 aliphatic heterocycles. The topological polar surface area (TPSA) is 278 Å². The number of hydrogen-bond acceptors (Lipinski definition) is 16. The van der Waals surface area contributed by atoms with Crippen LogP contribution in [0.3, 0.4) is 0 Å². The van der Waals surface area contributed by atoms with E-state index < -0.39 is 51.6 Å². The number of carbonyl (C=O) groups is 4.